The van der Waals surface area contributed by atoms with E-state index in [1.54, 1.807) is 0 Å². The smallest absolute Gasteiger partial charge is 0.174 e. The maximum absolute atomic E-state index is 15.2. The highest BCUT2D eigenvalue weighted by molar-refractivity contribution is 7.85. The van der Waals surface area contributed by atoms with Gasteiger partial charge in [-0.3, -0.25) is 0 Å². The minimum absolute atomic E-state index is 0.0270. The molecule has 40 heavy (non-hydrogen) atoms. The Morgan fingerprint density at radius 2 is 0.825 bits per heavy atom. The summed E-state index contributed by atoms with van der Waals surface area (Å²) in [4.78, 5) is 0. The summed E-state index contributed by atoms with van der Waals surface area (Å²) in [5, 5.41) is 2.23. The van der Waals surface area contributed by atoms with Crippen LogP contribution < -0.4 is 20.7 Å². The Labute approximate surface area is 235 Å². The average molecular weight is 537 g/mol. The lowest BCUT2D eigenvalue weighted by molar-refractivity contribution is 0.478. The minimum atomic E-state index is -3.23. The van der Waals surface area contributed by atoms with Gasteiger partial charge in [0.15, 0.2) is 7.14 Å². The van der Waals surface area contributed by atoms with E-state index >= 15 is 4.57 Å². The van der Waals surface area contributed by atoms with Crippen molar-refractivity contribution in [2.24, 2.45) is 0 Å². The molecule has 6 aromatic carbocycles. The zero-order valence-electron chi connectivity index (χ0n) is 22.0. The third-order valence-electron chi connectivity index (χ3n) is 7.16. The molecule has 3 heteroatoms. The van der Waals surface area contributed by atoms with E-state index in [2.05, 4.69) is 54.6 Å². The van der Waals surface area contributed by atoms with Crippen LogP contribution >= 0.6 is 7.14 Å². The lowest BCUT2D eigenvalue weighted by atomic mass is 9.85. The number of hydrogen-bond acceptors (Lipinski definition) is 2. The van der Waals surface area contributed by atoms with Gasteiger partial charge in [0.1, 0.15) is 11.5 Å². The van der Waals surface area contributed by atoms with Crippen LogP contribution in [0.3, 0.4) is 0 Å². The molecule has 0 aromatic heterocycles. The van der Waals surface area contributed by atoms with Crippen molar-refractivity contribution in [1.82, 2.24) is 0 Å². The van der Waals surface area contributed by atoms with Crippen molar-refractivity contribution in [3.05, 3.63) is 187 Å². The van der Waals surface area contributed by atoms with E-state index < -0.39 is 7.14 Å². The molecule has 0 radical (unpaired) electrons. The quantitative estimate of drug-likeness (QED) is 0.144. The summed E-state index contributed by atoms with van der Waals surface area (Å²) in [5.41, 5.74) is 3.40. The zero-order chi connectivity index (χ0) is 27.2. The molecule has 0 spiro atoms. The first-order valence-corrected chi connectivity index (χ1v) is 15.1. The second-order valence-electron chi connectivity index (χ2n) is 9.64. The molecular formula is C37H29O2P. The average Bonchev–Trinajstić information content (AvgIpc) is 3.04. The molecule has 0 saturated carbocycles. The van der Waals surface area contributed by atoms with E-state index in [-0.39, 0.29) is 5.92 Å². The summed E-state index contributed by atoms with van der Waals surface area (Å²) in [6, 6.07) is 56.3. The minimum Gasteiger partial charge on any atom is -0.456 e. The van der Waals surface area contributed by atoms with Crippen molar-refractivity contribution >= 4 is 23.1 Å². The van der Waals surface area contributed by atoms with Crippen molar-refractivity contribution in [2.75, 3.05) is 0 Å². The Morgan fingerprint density at radius 3 is 1.35 bits per heavy atom. The van der Waals surface area contributed by atoms with Gasteiger partial charge < -0.3 is 9.30 Å². The predicted octanol–water partition coefficient (Wildman–Crippen LogP) is 8.30. The van der Waals surface area contributed by atoms with E-state index in [0.717, 1.165) is 21.9 Å². The van der Waals surface area contributed by atoms with Crippen molar-refractivity contribution in [1.29, 1.82) is 0 Å². The Morgan fingerprint density at radius 1 is 0.425 bits per heavy atom. The summed E-state index contributed by atoms with van der Waals surface area (Å²) in [7, 11) is -3.23. The van der Waals surface area contributed by atoms with Crippen LogP contribution in [0.25, 0.3) is 0 Å². The molecule has 194 valence electrons. The molecule has 0 heterocycles. The highest BCUT2D eigenvalue weighted by Crippen LogP contribution is 2.46. The molecule has 0 unspecified atom stereocenters. The number of para-hydroxylation sites is 2. The number of ether oxygens (including phenoxy) is 1. The van der Waals surface area contributed by atoms with Crippen LogP contribution in [0.5, 0.6) is 11.5 Å². The SMILES string of the molecule is O=P(c1ccccc1)(c1ccccc1)c1ccccc1Oc1ccccc1C(c1ccccc1)c1ccccc1. The van der Waals surface area contributed by atoms with E-state index in [0.29, 0.717) is 11.1 Å². The maximum Gasteiger partial charge on any atom is 0.174 e. The molecule has 2 nitrogen and oxygen atoms in total. The lowest BCUT2D eigenvalue weighted by Crippen LogP contribution is -2.26. The standard InChI is InChI=1S/C37H29O2P/c38-40(31-21-9-3-10-22-31,32-23-11-4-12-24-32)36-28-16-15-27-35(36)39-34-26-14-13-25-33(34)37(29-17-5-1-6-18-29)30-19-7-2-8-20-30/h1-28,37H. The first-order chi connectivity index (χ1) is 19.7. The molecule has 0 N–H and O–H groups in total. The summed E-state index contributed by atoms with van der Waals surface area (Å²) in [5.74, 6) is 1.30. The number of hydrogen-bond donors (Lipinski definition) is 0. The second-order valence-corrected chi connectivity index (χ2v) is 12.4. The van der Waals surface area contributed by atoms with Gasteiger partial charge in [-0.2, -0.15) is 0 Å². The summed E-state index contributed by atoms with van der Waals surface area (Å²) in [6.07, 6.45) is 0. The highest BCUT2D eigenvalue weighted by atomic mass is 31.2. The fourth-order valence-corrected chi connectivity index (χ4v) is 8.04. The van der Waals surface area contributed by atoms with Crippen molar-refractivity contribution in [2.45, 2.75) is 5.92 Å². The normalized spacial score (nSPS) is 11.3. The molecule has 6 aromatic rings. The lowest BCUT2D eigenvalue weighted by Gasteiger charge is -2.25. The second kappa shape index (κ2) is 11.6. The molecule has 0 amide bonds. The summed E-state index contributed by atoms with van der Waals surface area (Å²) in [6.45, 7) is 0. The molecule has 0 saturated heterocycles. The maximum atomic E-state index is 15.2. The van der Waals surface area contributed by atoms with Crippen LogP contribution in [-0.2, 0) is 4.57 Å². The fourth-order valence-electron chi connectivity index (χ4n) is 5.28. The molecular weight excluding hydrogens is 507 g/mol. The molecule has 0 aliphatic rings. The van der Waals surface area contributed by atoms with Crippen LogP contribution in [0.1, 0.15) is 22.6 Å². The summed E-state index contributed by atoms with van der Waals surface area (Å²) >= 11 is 0. The highest BCUT2D eigenvalue weighted by Gasteiger charge is 2.33. The Hall–Kier alpha value is -4.65. The molecule has 0 fully saturated rings. The Kier molecular flexibility index (Phi) is 7.44. The largest absolute Gasteiger partial charge is 0.456 e. The number of rotatable bonds is 8. The topological polar surface area (TPSA) is 26.3 Å². The first-order valence-electron chi connectivity index (χ1n) is 13.4. The van der Waals surface area contributed by atoms with Gasteiger partial charge in [0, 0.05) is 22.1 Å². The monoisotopic (exact) mass is 536 g/mol. The van der Waals surface area contributed by atoms with Gasteiger partial charge in [-0.1, -0.05) is 152 Å². The molecule has 0 atom stereocenters. The van der Waals surface area contributed by atoms with Crippen molar-refractivity contribution in [3.8, 4) is 11.5 Å². The predicted molar refractivity (Wildman–Crippen MR) is 166 cm³/mol. The Bertz CT molecular complexity index is 1650. The molecule has 0 bridgehead atoms. The van der Waals surface area contributed by atoms with Gasteiger partial charge in [0.05, 0.1) is 5.30 Å². The van der Waals surface area contributed by atoms with E-state index in [9.17, 15) is 0 Å². The Balaban J connectivity index is 1.50. The van der Waals surface area contributed by atoms with Crippen LogP contribution in [-0.4, -0.2) is 0 Å². The van der Waals surface area contributed by atoms with Gasteiger partial charge in [0.2, 0.25) is 0 Å². The van der Waals surface area contributed by atoms with Gasteiger partial charge in [0.25, 0.3) is 0 Å². The van der Waals surface area contributed by atoms with Gasteiger partial charge in [-0.25, -0.2) is 0 Å². The third-order valence-corrected chi connectivity index (χ3v) is 10.3. The fraction of sp³-hybridized carbons (Fsp3) is 0.0270. The van der Waals surface area contributed by atoms with E-state index in [4.69, 9.17) is 4.74 Å². The van der Waals surface area contributed by atoms with Gasteiger partial charge >= 0.3 is 0 Å². The van der Waals surface area contributed by atoms with Crippen molar-refractivity contribution in [3.63, 3.8) is 0 Å². The van der Waals surface area contributed by atoms with Crippen LogP contribution in [0.4, 0.5) is 0 Å². The first kappa shape index (κ1) is 25.6. The van der Waals surface area contributed by atoms with Crippen LogP contribution in [0.2, 0.25) is 0 Å². The molecule has 0 aliphatic carbocycles. The van der Waals surface area contributed by atoms with Crippen molar-refractivity contribution < 1.29 is 9.30 Å². The van der Waals surface area contributed by atoms with Gasteiger partial charge in [-0.05, 0) is 29.3 Å². The third kappa shape index (κ3) is 5.02. The molecule has 0 aliphatic heterocycles. The van der Waals surface area contributed by atoms with E-state index in [1.807, 2.05) is 115 Å². The van der Waals surface area contributed by atoms with Crippen LogP contribution in [0, 0.1) is 0 Å². The zero-order valence-corrected chi connectivity index (χ0v) is 22.9. The van der Waals surface area contributed by atoms with Gasteiger partial charge in [-0.15, -0.1) is 0 Å². The summed E-state index contributed by atoms with van der Waals surface area (Å²) < 4.78 is 22.0. The molecule has 6 rings (SSSR count). The van der Waals surface area contributed by atoms with Crippen LogP contribution in [0.15, 0.2) is 170 Å². The number of benzene rings is 6. The van der Waals surface area contributed by atoms with E-state index in [1.165, 1.54) is 11.1 Å².